The molecule has 0 bridgehead atoms. The van der Waals surface area contributed by atoms with Gasteiger partial charge in [-0.05, 0) is 40.8 Å². The number of hydrogen-bond donors (Lipinski definition) is 1. The van der Waals surface area contributed by atoms with E-state index < -0.39 is 5.60 Å². The first-order chi connectivity index (χ1) is 7.28. The minimum absolute atomic E-state index is 0.397. The fourth-order valence-corrected chi connectivity index (χ4v) is 1.74. The molecular weight excluding hydrogens is 202 g/mol. The molecule has 1 N–H and O–H groups in total. The Balaban J connectivity index is 2.53. The number of likely N-dealkylation sites (N-methyl/N-ethyl adjacent to an activating group) is 1. The molecule has 92 valence electrons. The van der Waals surface area contributed by atoms with Gasteiger partial charge in [0.2, 0.25) is 0 Å². The molecule has 4 nitrogen and oxygen atoms in total. The highest BCUT2D eigenvalue weighted by Crippen LogP contribution is 2.08. The van der Waals surface area contributed by atoms with Crippen molar-refractivity contribution in [3.8, 4) is 0 Å². The van der Waals surface area contributed by atoms with Gasteiger partial charge in [-0.3, -0.25) is 9.58 Å². The van der Waals surface area contributed by atoms with Crippen molar-refractivity contribution in [3.63, 3.8) is 0 Å². The highest BCUT2D eigenvalue weighted by Gasteiger charge is 2.16. The summed E-state index contributed by atoms with van der Waals surface area (Å²) < 4.78 is 1.95. The van der Waals surface area contributed by atoms with Gasteiger partial charge in [-0.2, -0.15) is 5.10 Å². The Morgan fingerprint density at radius 3 is 2.56 bits per heavy atom. The lowest BCUT2D eigenvalue weighted by Gasteiger charge is -2.24. The Labute approximate surface area is 97.9 Å². The Morgan fingerprint density at radius 1 is 1.50 bits per heavy atom. The monoisotopic (exact) mass is 225 g/mol. The van der Waals surface area contributed by atoms with Crippen LogP contribution in [0.3, 0.4) is 0 Å². The molecule has 0 fully saturated rings. The van der Waals surface area contributed by atoms with Crippen molar-refractivity contribution < 1.29 is 5.11 Å². The lowest BCUT2D eigenvalue weighted by molar-refractivity contribution is 0.0421. The summed E-state index contributed by atoms with van der Waals surface area (Å²) in [5, 5.41) is 14.2. The van der Waals surface area contributed by atoms with Crippen LogP contribution in [0.1, 0.15) is 39.4 Å². The molecule has 0 saturated heterocycles. The van der Waals surface area contributed by atoms with E-state index in [1.54, 1.807) is 0 Å². The summed E-state index contributed by atoms with van der Waals surface area (Å²) in [6.45, 7) is 9.26. The van der Waals surface area contributed by atoms with Crippen LogP contribution in [0.4, 0.5) is 0 Å². The molecule has 1 rings (SSSR count). The first-order valence-electron chi connectivity index (χ1n) is 5.73. The first kappa shape index (κ1) is 13.2. The summed E-state index contributed by atoms with van der Waals surface area (Å²) in [7, 11) is 1.99. The molecule has 1 heterocycles. The van der Waals surface area contributed by atoms with E-state index in [9.17, 15) is 5.11 Å². The van der Waals surface area contributed by atoms with Crippen molar-refractivity contribution in [1.29, 1.82) is 0 Å². The topological polar surface area (TPSA) is 41.3 Å². The van der Waals surface area contributed by atoms with Crippen LogP contribution in [0, 0.1) is 0 Å². The average molecular weight is 225 g/mol. The molecule has 0 atom stereocenters. The summed E-state index contributed by atoms with van der Waals surface area (Å²) in [6.07, 6.45) is 2.00. The third-order valence-electron chi connectivity index (χ3n) is 2.28. The number of nitrogens with zero attached hydrogens (tertiary/aromatic N) is 3. The third-order valence-corrected chi connectivity index (χ3v) is 2.28. The predicted octanol–water partition coefficient (Wildman–Crippen LogP) is 1.67. The molecule has 0 unspecified atom stereocenters. The third kappa shape index (κ3) is 4.33. The van der Waals surface area contributed by atoms with E-state index in [4.69, 9.17) is 0 Å². The van der Waals surface area contributed by atoms with Gasteiger partial charge in [0.25, 0.3) is 0 Å². The van der Waals surface area contributed by atoms with Crippen molar-refractivity contribution >= 4 is 0 Å². The van der Waals surface area contributed by atoms with Crippen LogP contribution in [0.15, 0.2) is 12.3 Å². The predicted molar refractivity (Wildman–Crippen MR) is 65.2 cm³/mol. The zero-order chi connectivity index (χ0) is 12.3. The lowest BCUT2D eigenvalue weighted by Crippen LogP contribution is -2.35. The Kier molecular flexibility index (Phi) is 4.10. The second-order valence-electron chi connectivity index (χ2n) is 5.37. The van der Waals surface area contributed by atoms with Crippen molar-refractivity contribution in [2.24, 2.45) is 0 Å². The van der Waals surface area contributed by atoms with Crippen LogP contribution in [0.25, 0.3) is 0 Å². The zero-order valence-electron chi connectivity index (χ0n) is 10.9. The molecule has 0 aromatic carbocycles. The van der Waals surface area contributed by atoms with E-state index in [-0.39, 0.29) is 0 Å². The maximum atomic E-state index is 9.69. The van der Waals surface area contributed by atoms with E-state index >= 15 is 0 Å². The standard InChI is InChI=1S/C12H23N3O/c1-10(2)15-7-6-11(13-15)8-14(5)9-12(3,4)16/h6-7,10,16H,8-9H2,1-5H3. The molecule has 1 aromatic rings. The number of aliphatic hydroxyl groups is 1. The van der Waals surface area contributed by atoms with Crippen LogP contribution in [-0.4, -0.2) is 39.0 Å². The largest absolute Gasteiger partial charge is 0.389 e. The molecule has 0 spiro atoms. The minimum Gasteiger partial charge on any atom is -0.389 e. The first-order valence-corrected chi connectivity index (χ1v) is 5.73. The maximum Gasteiger partial charge on any atom is 0.0764 e. The Bertz CT molecular complexity index is 325. The number of rotatable bonds is 5. The van der Waals surface area contributed by atoms with Gasteiger partial charge >= 0.3 is 0 Å². The lowest BCUT2D eigenvalue weighted by atomic mass is 10.1. The smallest absolute Gasteiger partial charge is 0.0764 e. The summed E-state index contributed by atoms with van der Waals surface area (Å²) in [6, 6.07) is 2.43. The Hall–Kier alpha value is -0.870. The molecule has 0 aliphatic heterocycles. The molecule has 0 aliphatic carbocycles. The van der Waals surface area contributed by atoms with Crippen molar-refractivity contribution in [2.75, 3.05) is 13.6 Å². The summed E-state index contributed by atoms with van der Waals surface area (Å²) >= 11 is 0. The normalized spacial score (nSPS) is 12.8. The van der Waals surface area contributed by atoms with Crippen LogP contribution >= 0.6 is 0 Å². The maximum absolute atomic E-state index is 9.69. The summed E-state index contributed by atoms with van der Waals surface area (Å²) in [5.74, 6) is 0. The fraction of sp³-hybridized carbons (Fsp3) is 0.750. The second-order valence-corrected chi connectivity index (χ2v) is 5.37. The number of aromatic nitrogens is 2. The molecule has 16 heavy (non-hydrogen) atoms. The van der Waals surface area contributed by atoms with E-state index in [0.717, 1.165) is 12.2 Å². The highest BCUT2D eigenvalue weighted by molar-refractivity contribution is 4.99. The summed E-state index contributed by atoms with van der Waals surface area (Å²) in [5.41, 5.74) is 0.385. The van der Waals surface area contributed by atoms with E-state index in [1.807, 2.05) is 37.8 Å². The van der Waals surface area contributed by atoms with Gasteiger partial charge in [-0.15, -0.1) is 0 Å². The number of hydrogen-bond acceptors (Lipinski definition) is 3. The SMILES string of the molecule is CC(C)n1ccc(CN(C)CC(C)(C)O)n1. The van der Waals surface area contributed by atoms with Crippen molar-refractivity contribution in [1.82, 2.24) is 14.7 Å². The van der Waals surface area contributed by atoms with Gasteiger partial charge in [0.1, 0.15) is 0 Å². The van der Waals surface area contributed by atoms with Crippen LogP contribution in [0.5, 0.6) is 0 Å². The molecule has 0 saturated carbocycles. The molecule has 0 radical (unpaired) electrons. The van der Waals surface area contributed by atoms with E-state index in [0.29, 0.717) is 12.6 Å². The van der Waals surface area contributed by atoms with E-state index in [2.05, 4.69) is 23.8 Å². The molecule has 0 aliphatic rings. The van der Waals surface area contributed by atoms with Gasteiger partial charge in [-0.1, -0.05) is 0 Å². The Morgan fingerprint density at radius 2 is 2.12 bits per heavy atom. The molecule has 4 heteroatoms. The highest BCUT2D eigenvalue weighted by atomic mass is 16.3. The van der Waals surface area contributed by atoms with Crippen molar-refractivity contribution in [2.45, 2.75) is 45.9 Å². The van der Waals surface area contributed by atoms with Gasteiger partial charge < -0.3 is 5.11 Å². The van der Waals surface area contributed by atoms with Gasteiger partial charge in [0.15, 0.2) is 0 Å². The molecular formula is C12H23N3O. The van der Waals surface area contributed by atoms with Gasteiger partial charge in [-0.25, -0.2) is 0 Å². The van der Waals surface area contributed by atoms with Gasteiger partial charge in [0, 0.05) is 25.3 Å². The fourth-order valence-electron chi connectivity index (χ4n) is 1.74. The van der Waals surface area contributed by atoms with Crippen LogP contribution in [-0.2, 0) is 6.54 Å². The van der Waals surface area contributed by atoms with Crippen molar-refractivity contribution in [3.05, 3.63) is 18.0 Å². The quantitative estimate of drug-likeness (QED) is 0.828. The van der Waals surface area contributed by atoms with E-state index in [1.165, 1.54) is 0 Å². The minimum atomic E-state index is -0.657. The second kappa shape index (κ2) is 4.97. The molecule has 1 aromatic heterocycles. The summed E-state index contributed by atoms with van der Waals surface area (Å²) in [4.78, 5) is 2.08. The van der Waals surface area contributed by atoms with Crippen LogP contribution < -0.4 is 0 Å². The zero-order valence-corrected chi connectivity index (χ0v) is 10.9. The molecule has 0 amide bonds. The average Bonchev–Trinajstić information content (AvgIpc) is 2.48. The van der Waals surface area contributed by atoms with Gasteiger partial charge in [0.05, 0.1) is 11.3 Å². The van der Waals surface area contributed by atoms with Crippen LogP contribution in [0.2, 0.25) is 0 Å².